The molecule has 3 aromatic carbocycles. The Morgan fingerprint density at radius 3 is 2.69 bits per heavy atom. The predicted molar refractivity (Wildman–Crippen MR) is 123 cm³/mol. The zero-order chi connectivity index (χ0) is 22.9. The van der Waals surface area contributed by atoms with E-state index in [0.717, 1.165) is 29.2 Å². The maximum atomic E-state index is 13.8. The highest BCUT2D eigenvalue weighted by molar-refractivity contribution is 7.92. The molecule has 1 aliphatic rings. The molecule has 32 heavy (non-hydrogen) atoms. The summed E-state index contributed by atoms with van der Waals surface area (Å²) in [6, 6.07) is 14.7. The third-order valence-corrected chi connectivity index (χ3v) is 7.74. The largest absolute Gasteiger partial charge is 0.494 e. The number of rotatable bonds is 6. The Balaban J connectivity index is 1.65. The van der Waals surface area contributed by atoms with Crippen molar-refractivity contribution >= 4 is 27.3 Å². The zero-order valence-corrected chi connectivity index (χ0v) is 19.3. The van der Waals surface area contributed by atoms with Crippen molar-refractivity contribution in [1.29, 1.82) is 0 Å². The van der Waals surface area contributed by atoms with Gasteiger partial charge < -0.3 is 9.47 Å². The lowest BCUT2D eigenvalue weighted by Gasteiger charge is -2.31. The van der Waals surface area contributed by atoms with Crippen LogP contribution in [0.1, 0.15) is 23.1 Å². The highest BCUT2D eigenvalue weighted by Crippen LogP contribution is 2.36. The number of fused-ring (bicyclic) bond motifs is 1. The van der Waals surface area contributed by atoms with E-state index < -0.39 is 15.8 Å². The fourth-order valence-electron chi connectivity index (χ4n) is 3.79. The number of hydrogen-bond donors (Lipinski definition) is 0. The maximum absolute atomic E-state index is 13.8. The molecule has 3 aromatic rings. The van der Waals surface area contributed by atoms with Gasteiger partial charge >= 0.3 is 0 Å². The van der Waals surface area contributed by atoms with E-state index in [0.29, 0.717) is 29.4 Å². The second kappa shape index (κ2) is 9.00. The average molecular weight is 476 g/mol. The lowest BCUT2D eigenvalue weighted by molar-refractivity contribution is 0.305. The molecule has 0 bridgehead atoms. The summed E-state index contributed by atoms with van der Waals surface area (Å²) in [7, 11) is -2.61. The van der Waals surface area contributed by atoms with Crippen LogP contribution in [0.4, 0.5) is 10.1 Å². The molecule has 0 saturated carbocycles. The first kappa shape index (κ1) is 22.4. The molecule has 0 aromatic heterocycles. The van der Waals surface area contributed by atoms with E-state index in [4.69, 9.17) is 21.1 Å². The molecule has 0 spiro atoms. The van der Waals surface area contributed by atoms with Gasteiger partial charge in [0, 0.05) is 29.3 Å². The van der Waals surface area contributed by atoms with Gasteiger partial charge in [-0.2, -0.15) is 0 Å². The fraction of sp³-hybridized carbons (Fsp3) is 0.250. The van der Waals surface area contributed by atoms with Gasteiger partial charge in [-0.15, -0.1) is 0 Å². The van der Waals surface area contributed by atoms with Gasteiger partial charge in [0.1, 0.15) is 12.4 Å². The molecule has 0 radical (unpaired) electrons. The summed E-state index contributed by atoms with van der Waals surface area (Å²) in [6.45, 7) is 2.55. The molecule has 0 aliphatic carbocycles. The number of nitrogens with zero attached hydrogens (tertiary/aromatic N) is 1. The van der Waals surface area contributed by atoms with Crippen LogP contribution in [0, 0.1) is 12.7 Å². The summed E-state index contributed by atoms with van der Waals surface area (Å²) in [5, 5.41) is 0.623. The topological polar surface area (TPSA) is 55.8 Å². The Morgan fingerprint density at radius 1 is 1.12 bits per heavy atom. The molecule has 0 fully saturated rings. The Morgan fingerprint density at radius 2 is 1.94 bits per heavy atom. The Kier molecular flexibility index (Phi) is 6.31. The molecule has 1 heterocycles. The Bertz CT molecular complexity index is 1240. The van der Waals surface area contributed by atoms with E-state index in [1.165, 1.54) is 23.5 Å². The number of ether oxygens (including phenoxy) is 2. The van der Waals surface area contributed by atoms with Crippen molar-refractivity contribution in [3.63, 3.8) is 0 Å². The van der Waals surface area contributed by atoms with Crippen molar-refractivity contribution in [3.05, 3.63) is 82.1 Å². The van der Waals surface area contributed by atoms with E-state index in [1.807, 2.05) is 37.3 Å². The summed E-state index contributed by atoms with van der Waals surface area (Å²) >= 11 is 6.29. The van der Waals surface area contributed by atoms with Crippen LogP contribution in [0.2, 0.25) is 5.02 Å². The molecule has 4 rings (SSSR count). The smallest absolute Gasteiger partial charge is 0.264 e. The molecule has 0 atom stereocenters. The fourth-order valence-corrected chi connectivity index (χ4v) is 5.62. The van der Waals surface area contributed by atoms with Crippen molar-refractivity contribution in [3.8, 4) is 11.5 Å². The van der Waals surface area contributed by atoms with Gasteiger partial charge in [-0.05, 0) is 55.2 Å². The van der Waals surface area contributed by atoms with Crippen LogP contribution in [0.3, 0.4) is 0 Å². The van der Waals surface area contributed by atoms with Gasteiger partial charge in [-0.1, -0.05) is 29.8 Å². The van der Waals surface area contributed by atoms with Crippen LogP contribution in [0.5, 0.6) is 11.5 Å². The number of halogens is 2. The van der Waals surface area contributed by atoms with Crippen LogP contribution in [-0.4, -0.2) is 22.1 Å². The quantitative estimate of drug-likeness (QED) is 0.471. The minimum Gasteiger partial charge on any atom is -0.494 e. The molecule has 0 saturated heterocycles. The molecule has 0 unspecified atom stereocenters. The molecular formula is C24H23ClFNO4S. The van der Waals surface area contributed by atoms with Gasteiger partial charge in [-0.3, -0.25) is 4.31 Å². The van der Waals surface area contributed by atoms with Crippen molar-refractivity contribution in [2.75, 3.05) is 18.0 Å². The minimum atomic E-state index is -3.91. The van der Waals surface area contributed by atoms with Gasteiger partial charge in [0.2, 0.25) is 0 Å². The normalized spacial score (nSPS) is 13.6. The summed E-state index contributed by atoms with van der Waals surface area (Å²) < 4.78 is 52.9. The van der Waals surface area contributed by atoms with E-state index in [9.17, 15) is 12.8 Å². The monoisotopic (exact) mass is 475 g/mol. The van der Waals surface area contributed by atoms with E-state index in [1.54, 1.807) is 6.07 Å². The standard InChI is InChI=1S/C24H23ClFNO4S/c1-16-5-3-7-21(25)20(16)15-31-18-9-8-17-6-4-12-27(23(17)13-18)32(28,29)19-10-11-22(26)24(14-19)30-2/h3,5,7-11,13-14H,4,6,12,15H2,1-2H3. The first-order chi connectivity index (χ1) is 15.3. The van der Waals surface area contributed by atoms with Gasteiger partial charge in [0.25, 0.3) is 10.0 Å². The number of benzene rings is 3. The summed E-state index contributed by atoms with van der Waals surface area (Å²) in [5.41, 5.74) is 3.38. The van der Waals surface area contributed by atoms with E-state index in [2.05, 4.69) is 0 Å². The van der Waals surface area contributed by atoms with Crippen LogP contribution < -0.4 is 13.8 Å². The zero-order valence-electron chi connectivity index (χ0n) is 17.8. The lowest BCUT2D eigenvalue weighted by atomic mass is 10.0. The summed E-state index contributed by atoms with van der Waals surface area (Å²) in [4.78, 5) is -0.0263. The number of anilines is 1. The second-order valence-corrected chi connectivity index (χ2v) is 9.86. The van der Waals surface area contributed by atoms with Crippen LogP contribution in [0.25, 0.3) is 0 Å². The SMILES string of the molecule is COc1cc(S(=O)(=O)N2CCCc3ccc(OCc4c(C)cccc4Cl)cc32)ccc1F. The molecule has 0 amide bonds. The molecule has 0 N–H and O–H groups in total. The van der Waals surface area contributed by atoms with E-state index in [-0.39, 0.29) is 17.3 Å². The summed E-state index contributed by atoms with van der Waals surface area (Å²) in [5.74, 6) is -0.187. The second-order valence-electron chi connectivity index (χ2n) is 7.59. The predicted octanol–water partition coefficient (Wildman–Crippen LogP) is 5.52. The molecule has 168 valence electrons. The number of sulfonamides is 1. The van der Waals surface area contributed by atoms with Crippen molar-refractivity contribution in [2.45, 2.75) is 31.3 Å². The average Bonchev–Trinajstić information content (AvgIpc) is 2.78. The van der Waals surface area contributed by atoms with Crippen molar-refractivity contribution < 1.29 is 22.3 Å². The molecule has 8 heteroatoms. The first-order valence-electron chi connectivity index (χ1n) is 10.2. The summed E-state index contributed by atoms with van der Waals surface area (Å²) in [6.07, 6.45) is 1.45. The lowest BCUT2D eigenvalue weighted by Crippen LogP contribution is -2.35. The third-order valence-electron chi connectivity index (χ3n) is 5.58. The molecule has 1 aliphatic heterocycles. The third kappa shape index (κ3) is 4.27. The van der Waals surface area contributed by atoms with Gasteiger partial charge in [0.05, 0.1) is 17.7 Å². The van der Waals surface area contributed by atoms with Crippen molar-refractivity contribution in [2.24, 2.45) is 0 Å². The van der Waals surface area contributed by atoms with Gasteiger partial charge in [-0.25, -0.2) is 12.8 Å². The first-order valence-corrected chi connectivity index (χ1v) is 12.0. The Hall–Kier alpha value is -2.77. The molecular weight excluding hydrogens is 453 g/mol. The number of hydrogen-bond acceptors (Lipinski definition) is 4. The maximum Gasteiger partial charge on any atom is 0.264 e. The number of methoxy groups -OCH3 is 1. The van der Waals surface area contributed by atoms with Crippen LogP contribution in [-0.2, 0) is 23.1 Å². The van der Waals surface area contributed by atoms with Crippen LogP contribution in [0.15, 0.2) is 59.5 Å². The van der Waals surface area contributed by atoms with Gasteiger partial charge in [0.15, 0.2) is 11.6 Å². The van der Waals surface area contributed by atoms with Crippen molar-refractivity contribution in [1.82, 2.24) is 0 Å². The number of aryl methyl sites for hydroxylation is 2. The highest BCUT2D eigenvalue weighted by atomic mass is 35.5. The highest BCUT2D eigenvalue weighted by Gasteiger charge is 2.30. The Labute approximate surface area is 192 Å². The molecule has 5 nitrogen and oxygen atoms in total. The van der Waals surface area contributed by atoms with E-state index >= 15 is 0 Å². The minimum absolute atomic E-state index is 0.0263. The van der Waals surface area contributed by atoms with Crippen LogP contribution >= 0.6 is 11.6 Å².